The first-order chi connectivity index (χ1) is 15.5. The van der Waals surface area contributed by atoms with Crippen LogP contribution in [-0.4, -0.2) is 41.1 Å². The predicted octanol–water partition coefficient (Wildman–Crippen LogP) is 3.20. The topological polar surface area (TPSA) is 101 Å². The van der Waals surface area contributed by atoms with Crippen LogP contribution in [0.1, 0.15) is 41.6 Å². The zero-order valence-corrected chi connectivity index (χ0v) is 18.2. The van der Waals surface area contributed by atoms with Crippen LogP contribution in [0.15, 0.2) is 42.6 Å². The fourth-order valence-electron chi connectivity index (χ4n) is 4.42. The summed E-state index contributed by atoms with van der Waals surface area (Å²) >= 11 is 0. The minimum atomic E-state index is -0.221. The Hall–Kier alpha value is -3.48. The minimum absolute atomic E-state index is 0.0120. The number of nitrogens with two attached hydrogens (primary N) is 1. The summed E-state index contributed by atoms with van der Waals surface area (Å²) in [6, 6.07) is 12.4. The molecule has 1 saturated heterocycles. The number of fused-ring (bicyclic) bond motifs is 1. The van der Waals surface area contributed by atoms with Gasteiger partial charge in [-0.3, -0.25) is 9.59 Å². The average Bonchev–Trinajstić information content (AvgIpc) is 3.62. The minimum Gasteiger partial charge on any atom is -0.369 e. The molecule has 1 aliphatic heterocycles. The molecular weight excluding hydrogens is 402 g/mol. The average molecular weight is 430 g/mol. The fourth-order valence-corrected chi connectivity index (χ4v) is 4.42. The SMILES string of the molecule is Cc1ccc(C(=O)NC2CC2)cc1-c1ccc2c(N3CCC(C(N)=O)CC3)nncc2c1. The normalized spacial score (nSPS) is 16.8. The van der Waals surface area contributed by atoms with E-state index in [0.29, 0.717) is 11.6 Å². The van der Waals surface area contributed by atoms with Gasteiger partial charge >= 0.3 is 0 Å². The summed E-state index contributed by atoms with van der Waals surface area (Å²) in [5.41, 5.74) is 9.35. The molecule has 3 N–H and O–H groups in total. The number of amides is 2. The highest BCUT2D eigenvalue weighted by Gasteiger charge is 2.26. The Kier molecular flexibility index (Phi) is 5.25. The highest BCUT2D eigenvalue weighted by Crippen LogP contribution is 2.32. The van der Waals surface area contributed by atoms with E-state index in [-0.39, 0.29) is 17.7 Å². The Morgan fingerprint density at radius 2 is 1.84 bits per heavy atom. The van der Waals surface area contributed by atoms with Crippen LogP contribution in [0.25, 0.3) is 21.9 Å². The number of carbonyl (C=O) groups is 2. The number of primary amides is 1. The van der Waals surface area contributed by atoms with Gasteiger partial charge in [-0.05, 0) is 73.6 Å². The Labute approximate surface area is 187 Å². The molecule has 3 aromatic rings. The third-order valence-corrected chi connectivity index (χ3v) is 6.56. The number of hydrogen-bond donors (Lipinski definition) is 2. The summed E-state index contributed by atoms with van der Waals surface area (Å²) in [6.45, 7) is 3.53. The quantitative estimate of drug-likeness (QED) is 0.649. The zero-order valence-electron chi connectivity index (χ0n) is 18.2. The van der Waals surface area contributed by atoms with Gasteiger partial charge in [-0.1, -0.05) is 12.1 Å². The molecule has 7 heteroatoms. The highest BCUT2D eigenvalue weighted by molar-refractivity contribution is 5.98. The molecule has 2 fully saturated rings. The maximum absolute atomic E-state index is 12.5. The number of hydrogen-bond acceptors (Lipinski definition) is 5. The van der Waals surface area contributed by atoms with Crippen molar-refractivity contribution in [2.45, 2.75) is 38.6 Å². The van der Waals surface area contributed by atoms with E-state index in [9.17, 15) is 9.59 Å². The van der Waals surface area contributed by atoms with Gasteiger partial charge in [0.25, 0.3) is 5.91 Å². The zero-order chi connectivity index (χ0) is 22.2. The number of nitrogens with zero attached hydrogens (tertiary/aromatic N) is 3. The van der Waals surface area contributed by atoms with Crippen LogP contribution in [0.4, 0.5) is 5.82 Å². The molecule has 1 aliphatic carbocycles. The Bertz CT molecular complexity index is 1200. The lowest BCUT2D eigenvalue weighted by Gasteiger charge is -2.31. The first kappa shape index (κ1) is 20.4. The van der Waals surface area contributed by atoms with E-state index in [1.165, 1.54) is 0 Å². The van der Waals surface area contributed by atoms with Crippen molar-refractivity contribution in [1.29, 1.82) is 0 Å². The summed E-state index contributed by atoms with van der Waals surface area (Å²) in [7, 11) is 0. The molecule has 0 atom stereocenters. The predicted molar refractivity (Wildman–Crippen MR) is 124 cm³/mol. The van der Waals surface area contributed by atoms with Gasteiger partial charge in [0.15, 0.2) is 5.82 Å². The molecular formula is C25H27N5O2. The number of anilines is 1. The number of nitrogens with one attached hydrogen (secondary N) is 1. The fraction of sp³-hybridized carbons (Fsp3) is 0.360. The van der Waals surface area contributed by atoms with Crippen molar-refractivity contribution < 1.29 is 9.59 Å². The van der Waals surface area contributed by atoms with Gasteiger partial charge in [0, 0.05) is 41.4 Å². The van der Waals surface area contributed by atoms with E-state index in [1.807, 2.05) is 18.2 Å². The molecule has 2 heterocycles. The summed E-state index contributed by atoms with van der Waals surface area (Å²) in [5.74, 6) is 0.545. The van der Waals surface area contributed by atoms with Crippen molar-refractivity contribution in [1.82, 2.24) is 15.5 Å². The van der Waals surface area contributed by atoms with E-state index >= 15 is 0 Å². The molecule has 32 heavy (non-hydrogen) atoms. The van der Waals surface area contributed by atoms with Crippen LogP contribution in [0.2, 0.25) is 0 Å². The van der Waals surface area contributed by atoms with Gasteiger partial charge in [0.2, 0.25) is 5.91 Å². The lowest BCUT2D eigenvalue weighted by Crippen LogP contribution is -2.39. The number of piperidine rings is 1. The molecule has 2 aliphatic rings. The molecule has 2 amide bonds. The molecule has 7 nitrogen and oxygen atoms in total. The summed E-state index contributed by atoms with van der Waals surface area (Å²) in [5, 5.41) is 13.7. The molecule has 2 aromatic carbocycles. The van der Waals surface area contributed by atoms with Gasteiger partial charge < -0.3 is 16.0 Å². The van der Waals surface area contributed by atoms with E-state index in [4.69, 9.17) is 5.73 Å². The smallest absolute Gasteiger partial charge is 0.251 e. The number of aryl methyl sites for hydroxylation is 1. The van der Waals surface area contributed by atoms with Crippen LogP contribution >= 0.6 is 0 Å². The largest absolute Gasteiger partial charge is 0.369 e. The second-order valence-corrected chi connectivity index (χ2v) is 8.91. The lowest BCUT2D eigenvalue weighted by molar-refractivity contribution is -0.122. The van der Waals surface area contributed by atoms with Crippen molar-refractivity contribution in [3.8, 4) is 11.1 Å². The van der Waals surface area contributed by atoms with Crippen molar-refractivity contribution in [2.75, 3.05) is 18.0 Å². The van der Waals surface area contributed by atoms with Gasteiger partial charge in [-0.15, -0.1) is 5.10 Å². The van der Waals surface area contributed by atoms with Crippen molar-refractivity contribution in [2.24, 2.45) is 11.7 Å². The highest BCUT2D eigenvalue weighted by atomic mass is 16.2. The van der Waals surface area contributed by atoms with Gasteiger partial charge in [0.05, 0.1) is 6.20 Å². The molecule has 1 saturated carbocycles. The number of carbonyl (C=O) groups excluding carboxylic acids is 2. The Balaban J connectivity index is 1.44. The number of benzene rings is 2. The van der Waals surface area contributed by atoms with Gasteiger partial charge in [0.1, 0.15) is 0 Å². The van der Waals surface area contributed by atoms with Crippen molar-refractivity contribution >= 4 is 28.4 Å². The van der Waals surface area contributed by atoms with Crippen LogP contribution in [-0.2, 0) is 4.79 Å². The second-order valence-electron chi connectivity index (χ2n) is 8.91. The molecule has 0 spiro atoms. The van der Waals surface area contributed by atoms with Crippen LogP contribution in [0, 0.1) is 12.8 Å². The van der Waals surface area contributed by atoms with Crippen LogP contribution in [0.5, 0.6) is 0 Å². The van der Waals surface area contributed by atoms with E-state index in [0.717, 1.165) is 72.1 Å². The Morgan fingerprint density at radius 1 is 1.06 bits per heavy atom. The number of rotatable bonds is 5. The second kappa shape index (κ2) is 8.22. The first-order valence-electron chi connectivity index (χ1n) is 11.2. The molecule has 1 aromatic heterocycles. The van der Waals surface area contributed by atoms with Crippen molar-refractivity contribution in [3.63, 3.8) is 0 Å². The Morgan fingerprint density at radius 3 is 2.56 bits per heavy atom. The molecule has 164 valence electrons. The third-order valence-electron chi connectivity index (χ3n) is 6.56. The lowest BCUT2D eigenvalue weighted by atomic mass is 9.95. The maximum Gasteiger partial charge on any atom is 0.251 e. The maximum atomic E-state index is 12.5. The van der Waals surface area contributed by atoms with E-state index in [2.05, 4.69) is 45.5 Å². The van der Waals surface area contributed by atoms with Gasteiger partial charge in [-0.2, -0.15) is 5.10 Å². The summed E-state index contributed by atoms with van der Waals surface area (Å²) in [4.78, 5) is 26.2. The standard InChI is InChI=1S/C25H27N5O2/c1-15-2-3-18(25(32)28-20-5-6-20)13-22(15)17-4-7-21-19(12-17)14-27-29-24(21)30-10-8-16(9-11-30)23(26)31/h2-4,7,12-14,16,20H,5-6,8-11H2,1H3,(H2,26,31)(H,28,32). The molecule has 0 bridgehead atoms. The monoisotopic (exact) mass is 429 g/mol. The van der Waals surface area contributed by atoms with Crippen LogP contribution in [0.3, 0.4) is 0 Å². The van der Waals surface area contributed by atoms with E-state index in [1.54, 1.807) is 6.20 Å². The van der Waals surface area contributed by atoms with E-state index < -0.39 is 0 Å². The molecule has 5 rings (SSSR count). The first-order valence-corrected chi connectivity index (χ1v) is 11.2. The molecule has 0 unspecified atom stereocenters. The summed E-state index contributed by atoms with van der Waals surface area (Å²) < 4.78 is 0. The number of aromatic nitrogens is 2. The van der Waals surface area contributed by atoms with Gasteiger partial charge in [-0.25, -0.2) is 0 Å². The molecule has 0 radical (unpaired) electrons. The van der Waals surface area contributed by atoms with Crippen LogP contribution < -0.4 is 16.0 Å². The summed E-state index contributed by atoms with van der Waals surface area (Å²) in [6.07, 6.45) is 5.38. The van der Waals surface area contributed by atoms with Crippen molar-refractivity contribution in [3.05, 3.63) is 53.7 Å². The third kappa shape index (κ3) is 4.02.